The molecule has 0 radical (unpaired) electrons. The van der Waals surface area contributed by atoms with E-state index in [2.05, 4.69) is 21.1 Å². The van der Waals surface area contributed by atoms with Crippen LogP contribution in [0.2, 0.25) is 20.1 Å². The SMILES string of the molecule is O=C(NN=Cc1ccc(Cl)cc1Cl)NN=Cc1ccc(Cl)cc1Cl. The Morgan fingerprint density at radius 3 is 1.58 bits per heavy atom. The lowest BCUT2D eigenvalue weighted by Crippen LogP contribution is -2.28. The Balaban J connectivity index is 1.87. The smallest absolute Gasteiger partial charge is 0.245 e. The first-order valence-corrected chi connectivity index (χ1v) is 7.99. The second-order valence-corrected chi connectivity index (χ2v) is 6.09. The number of hydrogen-bond acceptors (Lipinski definition) is 3. The van der Waals surface area contributed by atoms with Crippen LogP contribution in [0.4, 0.5) is 4.79 Å². The number of urea groups is 1. The number of amides is 2. The monoisotopic (exact) mass is 402 g/mol. The van der Waals surface area contributed by atoms with Gasteiger partial charge in [-0.15, -0.1) is 0 Å². The summed E-state index contributed by atoms with van der Waals surface area (Å²) in [6, 6.07) is 9.19. The van der Waals surface area contributed by atoms with Crippen molar-refractivity contribution in [1.29, 1.82) is 0 Å². The molecule has 0 unspecified atom stereocenters. The van der Waals surface area contributed by atoms with Crippen LogP contribution < -0.4 is 10.9 Å². The first-order valence-electron chi connectivity index (χ1n) is 6.48. The quantitative estimate of drug-likeness (QED) is 0.549. The van der Waals surface area contributed by atoms with Crippen LogP contribution in [0.1, 0.15) is 11.1 Å². The van der Waals surface area contributed by atoms with Gasteiger partial charge in [0.25, 0.3) is 0 Å². The summed E-state index contributed by atoms with van der Waals surface area (Å²) in [6.07, 6.45) is 2.77. The predicted molar refractivity (Wildman–Crippen MR) is 99.8 cm³/mol. The number of rotatable bonds is 4. The lowest BCUT2D eigenvalue weighted by Gasteiger charge is -2.00. The Labute approximate surface area is 158 Å². The van der Waals surface area contributed by atoms with Gasteiger partial charge in [0.1, 0.15) is 0 Å². The molecule has 124 valence electrons. The minimum absolute atomic E-state index is 0.420. The maximum atomic E-state index is 11.5. The van der Waals surface area contributed by atoms with E-state index in [-0.39, 0.29) is 0 Å². The van der Waals surface area contributed by atoms with E-state index in [1.807, 2.05) is 0 Å². The normalized spacial score (nSPS) is 11.2. The predicted octanol–water partition coefficient (Wildman–Crippen LogP) is 4.97. The number of hydrazone groups is 2. The molecule has 0 spiro atoms. The molecular formula is C15H10Cl4N4O. The third kappa shape index (κ3) is 5.69. The van der Waals surface area contributed by atoms with Crippen LogP contribution in [0.5, 0.6) is 0 Å². The van der Waals surface area contributed by atoms with Gasteiger partial charge in [-0.05, 0) is 24.3 Å². The zero-order chi connectivity index (χ0) is 17.5. The topological polar surface area (TPSA) is 65.8 Å². The van der Waals surface area contributed by atoms with Gasteiger partial charge in [0, 0.05) is 21.2 Å². The summed E-state index contributed by atoms with van der Waals surface area (Å²) in [5, 5.41) is 9.37. The van der Waals surface area contributed by atoms with Crippen molar-refractivity contribution in [3.63, 3.8) is 0 Å². The Kier molecular flexibility index (Phi) is 6.87. The van der Waals surface area contributed by atoms with E-state index in [0.29, 0.717) is 31.2 Å². The van der Waals surface area contributed by atoms with Crippen LogP contribution in [0.15, 0.2) is 46.6 Å². The van der Waals surface area contributed by atoms with Crippen molar-refractivity contribution in [2.24, 2.45) is 10.2 Å². The highest BCUT2D eigenvalue weighted by Gasteiger charge is 2.00. The van der Waals surface area contributed by atoms with E-state index < -0.39 is 6.03 Å². The summed E-state index contributed by atoms with van der Waals surface area (Å²) in [5.41, 5.74) is 5.70. The molecule has 0 fully saturated rings. The van der Waals surface area contributed by atoms with Gasteiger partial charge in [-0.3, -0.25) is 0 Å². The van der Waals surface area contributed by atoms with Crippen molar-refractivity contribution < 1.29 is 4.79 Å². The zero-order valence-electron chi connectivity index (χ0n) is 11.9. The Bertz CT molecular complexity index is 743. The van der Waals surface area contributed by atoms with Crippen LogP contribution >= 0.6 is 46.4 Å². The van der Waals surface area contributed by atoms with Gasteiger partial charge in [0.05, 0.1) is 22.5 Å². The third-order valence-electron chi connectivity index (χ3n) is 2.66. The number of carbonyl (C=O) groups is 1. The summed E-state index contributed by atoms with van der Waals surface area (Å²) in [4.78, 5) is 11.5. The van der Waals surface area contributed by atoms with E-state index in [9.17, 15) is 4.79 Å². The van der Waals surface area contributed by atoms with Gasteiger partial charge in [-0.25, -0.2) is 15.6 Å². The molecule has 0 aliphatic carbocycles. The van der Waals surface area contributed by atoms with Crippen molar-refractivity contribution >= 4 is 64.9 Å². The fraction of sp³-hybridized carbons (Fsp3) is 0. The Morgan fingerprint density at radius 2 is 1.21 bits per heavy atom. The van der Waals surface area contributed by atoms with E-state index in [0.717, 1.165) is 0 Å². The highest BCUT2D eigenvalue weighted by atomic mass is 35.5. The van der Waals surface area contributed by atoms with Crippen molar-refractivity contribution in [2.45, 2.75) is 0 Å². The van der Waals surface area contributed by atoms with Crippen molar-refractivity contribution in [2.75, 3.05) is 0 Å². The van der Waals surface area contributed by atoms with E-state index in [1.54, 1.807) is 36.4 Å². The molecule has 2 aromatic rings. The maximum absolute atomic E-state index is 11.5. The number of halogens is 4. The van der Waals surface area contributed by atoms with Gasteiger partial charge >= 0.3 is 6.03 Å². The van der Waals surface area contributed by atoms with Gasteiger partial charge in [0.2, 0.25) is 0 Å². The van der Waals surface area contributed by atoms with E-state index in [4.69, 9.17) is 46.4 Å². The minimum Gasteiger partial charge on any atom is -0.245 e. The summed E-state index contributed by atoms with van der Waals surface area (Å²) < 4.78 is 0. The summed E-state index contributed by atoms with van der Waals surface area (Å²) in [7, 11) is 0. The average Bonchev–Trinajstić information content (AvgIpc) is 2.51. The molecule has 0 saturated heterocycles. The molecule has 24 heavy (non-hydrogen) atoms. The molecule has 9 heteroatoms. The highest BCUT2D eigenvalue weighted by molar-refractivity contribution is 6.36. The van der Waals surface area contributed by atoms with Gasteiger partial charge < -0.3 is 0 Å². The third-order valence-corrected chi connectivity index (χ3v) is 3.79. The largest absolute Gasteiger partial charge is 0.355 e. The van der Waals surface area contributed by atoms with Gasteiger partial charge in [-0.2, -0.15) is 10.2 Å². The highest BCUT2D eigenvalue weighted by Crippen LogP contribution is 2.20. The Hall–Kier alpha value is -1.79. The molecule has 0 atom stereocenters. The van der Waals surface area contributed by atoms with E-state index in [1.165, 1.54) is 12.4 Å². The lowest BCUT2D eigenvalue weighted by molar-refractivity contribution is 0.242. The summed E-state index contributed by atoms with van der Waals surface area (Å²) in [5.74, 6) is 0. The second-order valence-electron chi connectivity index (χ2n) is 4.40. The van der Waals surface area contributed by atoms with Crippen LogP contribution in [0, 0.1) is 0 Å². The van der Waals surface area contributed by atoms with E-state index >= 15 is 0 Å². The number of carbonyl (C=O) groups excluding carboxylic acids is 1. The molecule has 0 aromatic heterocycles. The molecule has 0 aliphatic rings. The molecule has 2 N–H and O–H groups in total. The molecule has 2 aromatic carbocycles. The molecule has 0 saturated carbocycles. The standard InChI is InChI=1S/C15H10Cl4N4O/c16-11-3-1-9(13(18)5-11)7-20-22-15(24)23-21-8-10-2-4-12(17)6-14(10)19/h1-8H,(H2,22,23,24). The van der Waals surface area contributed by atoms with Crippen LogP contribution in [-0.4, -0.2) is 18.5 Å². The van der Waals surface area contributed by atoms with Crippen molar-refractivity contribution in [1.82, 2.24) is 10.9 Å². The number of hydrogen-bond donors (Lipinski definition) is 2. The van der Waals surface area contributed by atoms with Crippen LogP contribution in [0.3, 0.4) is 0 Å². The molecule has 0 heterocycles. The number of benzene rings is 2. The molecule has 5 nitrogen and oxygen atoms in total. The molecule has 0 aliphatic heterocycles. The van der Waals surface area contributed by atoms with Crippen LogP contribution in [0.25, 0.3) is 0 Å². The number of nitrogens with zero attached hydrogens (tertiary/aromatic N) is 2. The molecular weight excluding hydrogens is 394 g/mol. The average molecular weight is 404 g/mol. The molecule has 2 amide bonds. The van der Waals surface area contributed by atoms with Gasteiger partial charge in [0.15, 0.2) is 0 Å². The molecule has 0 bridgehead atoms. The fourth-order valence-electron chi connectivity index (χ4n) is 1.56. The first-order chi connectivity index (χ1) is 11.5. The van der Waals surface area contributed by atoms with Gasteiger partial charge in [-0.1, -0.05) is 58.5 Å². The van der Waals surface area contributed by atoms with Crippen LogP contribution in [-0.2, 0) is 0 Å². The summed E-state index contributed by atoms with van der Waals surface area (Å²) >= 11 is 23.5. The lowest BCUT2D eigenvalue weighted by atomic mass is 10.2. The van der Waals surface area contributed by atoms with Crippen molar-refractivity contribution in [3.8, 4) is 0 Å². The maximum Gasteiger partial charge on any atom is 0.355 e. The second kappa shape index (κ2) is 8.89. The first kappa shape index (κ1) is 18.5. The minimum atomic E-state index is -0.627. The number of nitrogens with one attached hydrogen (secondary N) is 2. The fourth-order valence-corrected chi connectivity index (χ4v) is 2.47. The van der Waals surface area contributed by atoms with Crippen molar-refractivity contribution in [3.05, 3.63) is 67.6 Å². The summed E-state index contributed by atoms with van der Waals surface area (Å²) in [6.45, 7) is 0. The zero-order valence-corrected chi connectivity index (χ0v) is 15.0. The molecule has 2 rings (SSSR count). The Morgan fingerprint density at radius 1 is 0.792 bits per heavy atom.